The summed E-state index contributed by atoms with van der Waals surface area (Å²) < 4.78 is 11.7. The first-order valence-corrected chi connectivity index (χ1v) is 13.3. The highest BCUT2D eigenvalue weighted by Crippen LogP contribution is 2.68. The van der Waals surface area contributed by atoms with Crippen LogP contribution in [-0.4, -0.2) is 46.4 Å². The second-order valence-electron chi connectivity index (χ2n) is 10.6. The lowest BCUT2D eigenvalue weighted by Gasteiger charge is -2.60. The molecule has 0 aliphatic heterocycles. The molecule has 0 spiro atoms. The van der Waals surface area contributed by atoms with Crippen molar-refractivity contribution < 1.29 is 28.7 Å². The summed E-state index contributed by atoms with van der Waals surface area (Å²) in [6.07, 6.45) is 8.81. The van der Waals surface area contributed by atoms with Crippen LogP contribution in [0.15, 0.2) is 23.8 Å². The van der Waals surface area contributed by atoms with Crippen LogP contribution in [-0.2, 0) is 18.5 Å². The normalized spacial score (nSPS) is 41.4. The van der Waals surface area contributed by atoms with Crippen LogP contribution in [0.5, 0.6) is 0 Å². The molecule has 4 rings (SSSR count). The summed E-state index contributed by atoms with van der Waals surface area (Å²) in [5.41, 5.74) is -1.09. The summed E-state index contributed by atoms with van der Waals surface area (Å²) in [7, 11) is 0. The van der Waals surface area contributed by atoms with Crippen LogP contribution in [0.1, 0.15) is 79.6 Å². The van der Waals surface area contributed by atoms with Crippen molar-refractivity contribution in [2.45, 2.75) is 97.6 Å². The van der Waals surface area contributed by atoms with Gasteiger partial charge in [0, 0.05) is 16.7 Å². The highest BCUT2D eigenvalue weighted by Gasteiger charge is 2.69. The molecule has 7 heteroatoms. The van der Waals surface area contributed by atoms with Gasteiger partial charge in [-0.15, -0.1) is 0 Å². The van der Waals surface area contributed by atoms with Crippen LogP contribution in [0.2, 0.25) is 0 Å². The van der Waals surface area contributed by atoms with E-state index in [1.54, 1.807) is 12.2 Å². The van der Waals surface area contributed by atoms with Gasteiger partial charge in [-0.05, 0) is 75.4 Å². The lowest BCUT2D eigenvalue weighted by Crippen LogP contribution is -2.63. The molecule has 3 saturated carbocycles. The highest BCUT2D eigenvalue weighted by molar-refractivity contribution is 7.75. The number of carbonyl (C=O) groups is 2. The molecule has 4 aliphatic rings. The van der Waals surface area contributed by atoms with Crippen LogP contribution in [0, 0.1) is 28.6 Å². The van der Waals surface area contributed by atoms with Crippen LogP contribution in [0.25, 0.3) is 0 Å². The summed E-state index contributed by atoms with van der Waals surface area (Å²) in [4.78, 5) is 25.2. The molecule has 8 atom stereocenters. The molecule has 0 aromatic heterocycles. The Hall–Kier alpha value is -0.990. The lowest BCUT2D eigenvalue weighted by molar-refractivity contribution is -0.232. The van der Waals surface area contributed by atoms with E-state index in [-0.39, 0.29) is 34.7 Å². The van der Waals surface area contributed by atoms with Gasteiger partial charge >= 0.3 is 0 Å². The average molecular weight is 495 g/mol. The van der Waals surface area contributed by atoms with Crippen molar-refractivity contribution >= 4 is 24.5 Å². The van der Waals surface area contributed by atoms with Crippen molar-refractivity contribution in [1.29, 1.82) is 0 Å². The van der Waals surface area contributed by atoms with E-state index in [0.29, 0.717) is 19.3 Å². The molecule has 0 aromatic rings. The fraction of sp³-hybridized carbons (Fsp3) is 0.778. The quantitative estimate of drug-likeness (QED) is 0.272. The standard InChI is InChI=1S/C25H36O6S.C2H6/c1-4-5-21(31-32)30-25(20(29)14-26)11-9-18-17-7-6-15-12-16(27)8-10-23(15,2)22(17)19(28)13-24(18,25)3;1-2/h8,10,12,17-19,21-22,26,28,32H,4-7,9,11,13-14H2,1-3H3;1-2H3. The van der Waals surface area contributed by atoms with E-state index in [1.165, 1.54) is 0 Å². The Morgan fingerprint density at radius 1 is 1.29 bits per heavy atom. The van der Waals surface area contributed by atoms with Crippen LogP contribution < -0.4 is 0 Å². The largest absolute Gasteiger partial charge is 0.393 e. The molecule has 0 heterocycles. The maximum absolute atomic E-state index is 13.3. The summed E-state index contributed by atoms with van der Waals surface area (Å²) in [5.74, 6) is 0.0183. The van der Waals surface area contributed by atoms with Crippen molar-refractivity contribution in [1.82, 2.24) is 0 Å². The SMILES string of the molecule is CC.CCCC(OS)OC1(C(=O)CO)CCC2C3CCC4=CC(=O)C=CC4(C)C3C(O)CC21C. The van der Waals surface area contributed by atoms with Gasteiger partial charge in [0.1, 0.15) is 12.2 Å². The van der Waals surface area contributed by atoms with Gasteiger partial charge < -0.3 is 14.9 Å². The number of Topliss-reactive ketones (excluding diaryl/α,β-unsaturated/α-hetero) is 1. The first kappa shape index (κ1) is 27.6. The van der Waals surface area contributed by atoms with Gasteiger partial charge in [0.2, 0.25) is 0 Å². The number of thiol groups is 1. The van der Waals surface area contributed by atoms with Crippen molar-refractivity contribution in [2.24, 2.45) is 28.6 Å². The number of ketones is 2. The molecule has 0 bridgehead atoms. The predicted octanol–water partition coefficient (Wildman–Crippen LogP) is 4.60. The molecule has 192 valence electrons. The van der Waals surface area contributed by atoms with Crippen LogP contribution >= 0.6 is 12.9 Å². The number of hydrogen-bond acceptors (Lipinski definition) is 7. The van der Waals surface area contributed by atoms with Gasteiger partial charge in [0.15, 0.2) is 17.9 Å². The Morgan fingerprint density at radius 3 is 2.62 bits per heavy atom. The number of allylic oxidation sites excluding steroid dienone is 4. The van der Waals surface area contributed by atoms with Crippen LogP contribution in [0.4, 0.5) is 0 Å². The number of hydrogen-bond donors (Lipinski definition) is 3. The van der Waals surface area contributed by atoms with Gasteiger partial charge in [0.25, 0.3) is 0 Å². The van der Waals surface area contributed by atoms with Gasteiger partial charge in [-0.3, -0.25) is 13.8 Å². The minimum absolute atomic E-state index is 0.0154. The molecular formula is C27H42O6S. The number of fused-ring (bicyclic) bond motifs is 5. The summed E-state index contributed by atoms with van der Waals surface area (Å²) in [6, 6.07) is 0. The highest BCUT2D eigenvalue weighted by atomic mass is 32.1. The average Bonchev–Trinajstić information content (AvgIpc) is 3.12. The molecule has 4 aliphatic carbocycles. The van der Waals surface area contributed by atoms with Gasteiger partial charge in [-0.1, -0.05) is 52.7 Å². The molecule has 34 heavy (non-hydrogen) atoms. The second kappa shape index (κ2) is 10.6. The van der Waals surface area contributed by atoms with Gasteiger partial charge in [-0.25, -0.2) is 0 Å². The van der Waals surface area contributed by atoms with E-state index in [4.69, 9.17) is 8.92 Å². The minimum atomic E-state index is -1.21. The molecular weight excluding hydrogens is 452 g/mol. The summed E-state index contributed by atoms with van der Waals surface area (Å²) in [5, 5.41) is 21.4. The maximum atomic E-state index is 13.3. The van der Waals surface area contributed by atoms with E-state index in [9.17, 15) is 19.8 Å². The lowest BCUT2D eigenvalue weighted by atomic mass is 9.46. The van der Waals surface area contributed by atoms with E-state index in [1.807, 2.05) is 33.8 Å². The van der Waals surface area contributed by atoms with E-state index >= 15 is 0 Å². The second-order valence-corrected chi connectivity index (χ2v) is 10.8. The van der Waals surface area contributed by atoms with Crippen LogP contribution in [0.3, 0.4) is 0 Å². The Labute approximate surface area is 209 Å². The Bertz CT molecular complexity index is 839. The Kier molecular flexibility index (Phi) is 8.56. The third-order valence-electron chi connectivity index (χ3n) is 9.18. The molecule has 3 fully saturated rings. The molecule has 6 nitrogen and oxygen atoms in total. The molecule has 0 amide bonds. The molecule has 0 radical (unpaired) electrons. The molecule has 0 saturated heterocycles. The zero-order chi connectivity index (χ0) is 25.3. The summed E-state index contributed by atoms with van der Waals surface area (Å²) in [6.45, 7) is 9.59. The number of aliphatic hydroxyl groups is 2. The van der Waals surface area contributed by atoms with Crippen molar-refractivity contribution in [2.75, 3.05) is 6.61 Å². The zero-order valence-electron chi connectivity index (χ0n) is 21.3. The fourth-order valence-corrected chi connectivity index (χ4v) is 7.90. The summed E-state index contributed by atoms with van der Waals surface area (Å²) >= 11 is 3.98. The van der Waals surface area contributed by atoms with Crippen molar-refractivity contribution in [3.8, 4) is 0 Å². The Morgan fingerprint density at radius 2 is 2.00 bits per heavy atom. The molecule has 0 aromatic carbocycles. The third kappa shape index (κ3) is 4.15. The first-order chi connectivity index (χ1) is 16.2. The van der Waals surface area contributed by atoms with Crippen molar-refractivity contribution in [3.05, 3.63) is 23.8 Å². The minimum Gasteiger partial charge on any atom is -0.393 e. The number of carbonyl (C=O) groups excluding carboxylic acids is 2. The Balaban J connectivity index is 0.00000158. The van der Waals surface area contributed by atoms with Crippen molar-refractivity contribution in [3.63, 3.8) is 0 Å². The number of ether oxygens (including phenoxy) is 1. The maximum Gasteiger partial charge on any atom is 0.190 e. The zero-order valence-corrected chi connectivity index (χ0v) is 22.1. The molecule has 8 unspecified atom stereocenters. The van der Waals surface area contributed by atoms with E-state index in [2.05, 4.69) is 19.8 Å². The van der Waals surface area contributed by atoms with Gasteiger partial charge in [0.05, 0.1) is 6.10 Å². The molecule has 2 N–H and O–H groups in total. The number of rotatable bonds is 7. The van der Waals surface area contributed by atoms with E-state index in [0.717, 1.165) is 31.3 Å². The number of aliphatic hydroxyl groups excluding tert-OH is 2. The van der Waals surface area contributed by atoms with Gasteiger partial charge in [-0.2, -0.15) is 0 Å². The predicted molar refractivity (Wildman–Crippen MR) is 134 cm³/mol. The monoisotopic (exact) mass is 494 g/mol. The smallest absolute Gasteiger partial charge is 0.190 e. The topological polar surface area (TPSA) is 93.1 Å². The first-order valence-electron chi connectivity index (χ1n) is 12.9. The third-order valence-corrected chi connectivity index (χ3v) is 9.42. The fourth-order valence-electron chi connectivity index (χ4n) is 7.75. The van der Waals surface area contributed by atoms with E-state index < -0.39 is 30.0 Å².